The zero-order valence-corrected chi connectivity index (χ0v) is 20.0. The lowest BCUT2D eigenvalue weighted by molar-refractivity contribution is 0.0535. The second-order valence-electron chi connectivity index (χ2n) is 8.41. The molecule has 5 rings (SSSR count). The molecule has 0 spiro atoms. The predicted molar refractivity (Wildman–Crippen MR) is 133 cm³/mol. The molecule has 0 unspecified atom stereocenters. The van der Waals surface area contributed by atoms with Gasteiger partial charge in [-0.2, -0.15) is 9.78 Å². The smallest absolute Gasteiger partial charge is 0.282 e. The molecular weight excluding hydrogens is 466 g/mol. The number of para-hydroxylation sites is 1. The molecule has 2 amide bonds. The number of carbonyl (C=O) groups is 2. The van der Waals surface area contributed by atoms with Gasteiger partial charge in [0.2, 0.25) is 0 Å². The molecular formula is C26H24ClN5O3. The van der Waals surface area contributed by atoms with Crippen LogP contribution in [0.3, 0.4) is 0 Å². The molecule has 0 saturated carbocycles. The molecule has 0 radical (unpaired) electrons. The van der Waals surface area contributed by atoms with Gasteiger partial charge in [-0.15, -0.1) is 0 Å². The fourth-order valence-electron chi connectivity index (χ4n) is 4.30. The van der Waals surface area contributed by atoms with E-state index in [2.05, 4.69) is 5.10 Å². The summed E-state index contributed by atoms with van der Waals surface area (Å²) in [5.41, 5.74) is 2.11. The van der Waals surface area contributed by atoms with E-state index in [1.165, 1.54) is 4.68 Å². The molecule has 1 saturated heterocycles. The Morgan fingerprint density at radius 1 is 0.886 bits per heavy atom. The minimum Gasteiger partial charge on any atom is -0.353 e. The van der Waals surface area contributed by atoms with Gasteiger partial charge in [0.15, 0.2) is 0 Å². The number of hydrogen-bond acceptors (Lipinski definition) is 4. The van der Waals surface area contributed by atoms with Crippen LogP contribution in [-0.4, -0.2) is 62.1 Å². The van der Waals surface area contributed by atoms with Gasteiger partial charge in [0.05, 0.1) is 16.8 Å². The van der Waals surface area contributed by atoms with E-state index >= 15 is 0 Å². The van der Waals surface area contributed by atoms with E-state index in [0.29, 0.717) is 65.8 Å². The van der Waals surface area contributed by atoms with Crippen LogP contribution < -0.4 is 5.56 Å². The van der Waals surface area contributed by atoms with Gasteiger partial charge in [-0.05, 0) is 43.3 Å². The quantitative estimate of drug-likeness (QED) is 0.440. The van der Waals surface area contributed by atoms with Gasteiger partial charge in [-0.25, -0.2) is 0 Å². The highest BCUT2D eigenvalue weighted by Gasteiger charge is 2.30. The topological polar surface area (TPSA) is 80.4 Å². The first-order chi connectivity index (χ1) is 17.0. The summed E-state index contributed by atoms with van der Waals surface area (Å²) in [5.74, 6) is -0.286. The zero-order valence-electron chi connectivity index (χ0n) is 19.2. The van der Waals surface area contributed by atoms with E-state index in [4.69, 9.17) is 11.6 Å². The first-order valence-corrected chi connectivity index (χ1v) is 11.9. The average Bonchev–Trinajstić information content (AvgIpc) is 3.24. The van der Waals surface area contributed by atoms with Crippen LogP contribution in [-0.2, 0) is 6.54 Å². The molecule has 8 nitrogen and oxygen atoms in total. The molecule has 0 aliphatic carbocycles. The van der Waals surface area contributed by atoms with Crippen LogP contribution in [0.1, 0.15) is 27.6 Å². The Morgan fingerprint density at radius 2 is 1.51 bits per heavy atom. The molecule has 0 N–H and O–H groups in total. The maximum atomic E-state index is 13.6. The third-order valence-corrected chi connectivity index (χ3v) is 6.52. The number of fused-ring (bicyclic) bond motifs is 1. The van der Waals surface area contributed by atoms with Crippen molar-refractivity contribution in [3.8, 4) is 16.9 Å². The Bertz CT molecular complexity index is 1400. The molecule has 3 aliphatic heterocycles. The molecule has 3 heterocycles. The van der Waals surface area contributed by atoms with E-state index in [1.807, 2.05) is 29.7 Å². The summed E-state index contributed by atoms with van der Waals surface area (Å²) in [6, 6.07) is 15.9. The minimum atomic E-state index is -0.263. The number of rotatable bonds is 4. The Morgan fingerprint density at radius 3 is 2.14 bits per heavy atom. The summed E-state index contributed by atoms with van der Waals surface area (Å²) in [4.78, 5) is 43.0. The van der Waals surface area contributed by atoms with Gasteiger partial charge in [0.1, 0.15) is 5.69 Å². The van der Waals surface area contributed by atoms with Crippen LogP contribution in [0, 0.1) is 0 Å². The van der Waals surface area contributed by atoms with Gasteiger partial charge in [-0.1, -0.05) is 29.8 Å². The van der Waals surface area contributed by atoms with Crippen molar-refractivity contribution >= 4 is 23.4 Å². The summed E-state index contributed by atoms with van der Waals surface area (Å²) in [7, 11) is 0. The normalized spacial score (nSPS) is 13.9. The summed E-state index contributed by atoms with van der Waals surface area (Å²) >= 11 is 5.93. The van der Waals surface area contributed by atoms with Crippen molar-refractivity contribution in [2.75, 3.05) is 26.2 Å². The summed E-state index contributed by atoms with van der Waals surface area (Å²) in [5, 5.41) is 5.11. The van der Waals surface area contributed by atoms with Crippen LogP contribution in [0.5, 0.6) is 0 Å². The molecule has 1 fully saturated rings. The van der Waals surface area contributed by atoms with Crippen molar-refractivity contribution in [3.05, 3.63) is 93.5 Å². The van der Waals surface area contributed by atoms with E-state index in [1.54, 1.807) is 58.6 Å². The van der Waals surface area contributed by atoms with E-state index in [-0.39, 0.29) is 17.4 Å². The van der Waals surface area contributed by atoms with E-state index in [0.717, 1.165) is 0 Å². The van der Waals surface area contributed by atoms with Crippen LogP contribution >= 0.6 is 11.6 Å². The number of aryl methyl sites for hydroxylation is 1. The number of benzene rings is 2. The molecule has 178 valence electrons. The molecule has 2 aromatic rings. The molecule has 0 bridgehead atoms. The van der Waals surface area contributed by atoms with Crippen LogP contribution in [0.15, 0.2) is 71.8 Å². The Balaban J connectivity index is 1.40. The highest BCUT2D eigenvalue weighted by atomic mass is 35.5. The number of carbonyl (C=O) groups excluding carboxylic acids is 2. The second kappa shape index (κ2) is 9.38. The number of nitrogens with zero attached hydrogens (tertiary/aromatic N) is 5. The van der Waals surface area contributed by atoms with E-state index in [9.17, 15) is 14.4 Å². The zero-order chi connectivity index (χ0) is 24.5. The highest BCUT2D eigenvalue weighted by Crippen LogP contribution is 2.24. The number of pyridine rings is 1. The third-order valence-electron chi connectivity index (χ3n) is 6.26. The molecule has 9 heteroatoms. The first-order valence-electron chi connectivity index (χ1n) is 11.5. The minimum absolute atomic E-state index is 0.0858. The molecule has 0 atom stereocenters. The Kier molecular flexibility index (Phi) is 6.13. The van der Waals surface area contributed by atoms with E-state index < -0.39 is 0 Å². The van der Waals surface area contributed by atoms with Gasteiger partial charge in [0.25, 0.3) is 17.4 Å². The van der Waals surface area contributed by atoms with Crippen LogP contribution in [0.4, 0.5) is 0 Å². The summed E-state index contributed by atoms with van der Waals surface area (Å²) < 4.78 is 3.17. The molecule has 0 aromatic heterocycles. The second-order valence-corrected chi connectivity index (χ2v) is 8.84. The lowest BCUT2D eigenvalue weighted by atomic mass is 10.1. The first kappa shape index (κ1) is 22.9. The van der Waals surface area contributed by atoms with Crippen LogP contribution in [0.2, 0.25) is 5.02 Å². The number of halogens is 1. The summed E-state index contributed by atoms with van der Waals surface area (Å²) in [6.45, 7) is 4.18. The largest absolute Gasteiger partial charge is 0.353 e. The lowest BCUT2D eigenvalue weighted by Crippen LogP contribution is -2.50. The van der Waals surface area contributed by atoms with Crippen molar-refractivity contribution in [1.29, 1.82) is 0 Å². The molecule has 2 aromatic carbocycles. The number of piperazine rings is 1. The number of hydrogen-bond donors (Lipinski definition) is 0. The fourth-order valence-corrected chi connectivity index (χ4v) is 4.43. The van der Waals surface area contributed by atoms with Gasteiger partial charge >= 0.3 is 0 Å². The highest BCUT2D eigenvalue weighted by molar-refractivity contribution is 6.30. The van der Waals surface area contributed by atoms with Gasteiger partial charge in [-0.3, -0.25) is 14.4 Å². The maximum Gasteiger partial charge on any atom is 0.282 e. The molecule has 3 aliphatic rings. The Hall–Kier alpha value is -3.91. The van der Waals surface area contributed by atoms with Gasteiger partial charge in [0, 0.05) is 55.7 Å². The predicted octanol–water partition coefficient (Wildman–Crippen LogP) is 3.41. The van der Waals surface area contributed by atoms with Crippen molar-refractivity contribution in [2.45, 2.75) is 13.5 Å². The fraction of sp³-hybridized carbons (Fsp3) is 0.231. The van der Waals surface area contributed by atoms with Crippen molar-refractivity contribution in [3.63, 3.8) is 0 Å². The standard InChI is InChI=1S/C26H24ClN5O3/c1-2-29-16-21(23-22(17-29)26(35)32(28-23)20-6-4-3-5-7-20)25(34)31-14-12-30(13-15-31)24(33)18-8-10-19(27)11-9-18/h3-11,16-17H,2,12-15H2,1H3. The SMILES string of the molecule is CCn1cc(C(=O)N2CCN(C(=O)c3ccc(Cl)cc3)CC2)c2nn(-c3ccccc3)c(=O)c-2c1. The summed E-state index contributed by atoms with van der Waals surface area (Å²) in [6.07, 6.45) is 3.49. The van der Waals surface area contributed by atoms with Crippen molar-refractivity contribution in [2.24, 2.45) is 0 Å². The van der Waals surface area contributed by atoms with Gasteiger partial charge < -0.3 is 14.4 Å². The Labute approximate surface area is 207 Å². The lowest BCUT2D eigenvalue weighted by Gasteiger charge is -2.35. The third kappa shape index (κ3) is 4.33. The maximum absolute atomic E-state index is 13.6. The molecule has 35 heavy (non-hydrogen) atoms. The van der Waals surface area contributed by atoms with Crippen molar-refractivity contribution < 1.29 is 9.59 Å². The monoisotopic (exact) mass is 489 g/mol. The number of amides is 2. The van der Waals surface area contributed by atoms with Crippen LogP contribution in [0.25, 0.3) is 16.9 Å². The number of aromatic nitrogens is 3. The average molecular weight is 490 g/mol. The van der Waals surface area contributed by atoms with Crippen molar-refractivity contribution in [1.82, 2.24) is 24.1 Å².